The first-order chi connectivity index (χ1) is 16.1. The third kappa shape index (κ3) is 6.31. The highest BCUT2D eigenvalue weighted by Crippen LogP contribution is 2.18. The van der Waals surface area contributed by atoms with Gasteiger partial charge in [-0.05, 0) is 30.5 Å². The number of aromatic nitrogens is 2. The molecule has 1 saturated heterocycles. The van der Waals surface area contributed by atoms with Crippen LogP contribution in [0.15, 0.2) is 36.8 Å². The van der Waals surface area contributed by atoms with E-state index in [4.69, 9.17) is 0 Å². The SMILES string of the molecule is O=C(NCCc1cncn1Cc1ccc(F)cc1)C1CNCCN1C(=O)NC1CCCCC1. The second-order valence-electron chi connectivity index (χ2n) is 8.88. The number of hydrogen-bond donors (Lipinski definition) is 3. The fourth-order valence-corrected chi connectivity index (χ4v) is 4.60. The molecule has 1 aliphatic heterocycles. The van der Waals surface area contributed by atoms with Gasteiger partial charge in [-0.25, -0.2) is 14.2 Å². The minimum atomic E-state index is -0.522. The summed E-state index contributed by atoms with van der Waals surface area (Å²) in [5.41, 5.74) is 1.96. The van der Waals surface area contributed by atoms with Crippen LogP contribution >= 0.6 is 0 Å². The molecular formula is C24H33FN6O2. The van der Waals surface area contributed by atoms with Gasteiger partial charge < -0.3 is 25.4 Å². The van der Waals surface area contributed by atoms with E-state index in [-0.39, 0.29) is 23.8 Å². The second-order valence-corrected chi connectivity index (χ2v) is 8.88. The number of piperazine rings is 1. The van der Waals surface area contributed by atoms with E-state index in [2.05, 4.69) is 20.9 Å². The summed E-state index contributed by atoms with van der Waals surface area (Å²) in [7, 11) is 0. The molecule has 2 heterocycles. The lowest BCUT2D eigenvalue weighted by atomic mass is 9.96. The molecule has 2 aliphatic rings. The Morgan fingerprint density at radius 3 is 2.73 bits per heavy atom. The number of nitrogens with one attached hydrogen (secondary N) is 3. The number of halogens is 1. The van der Waals surface area contributed by atoms with Gasteiger partial charge in [0.15, 0.2) is 0 Å². The number of hydrogen-bond acceptors (Lipinski definition) is 4. The van der Waals surface area contributed by atoms with E-state index in [1.807, 2.05) is 4.57 Å². The molecule has 1 aliphatic carbocycles. The van der Waals surface area contributed by atoms with Crippen LogP contribution in [-0.4, -0.2) is 64.7 Å². The van der Waals surface area contributed by atoms with Crippen molar-refractivity contribution >= 4 is 11.9 Å². The Hall–Kier alpha value is -2.94. The van der Waals surface area contributed by atoms with Crippen molar-refractivity contribution in [3.63, 3.8) is 0 Å². The molecule has 178 valence electrons. The smallest absolute Gasteiger partial charge is 0.318 e. The number of rotatable bonds is 7. The van der Waals surface area contributed by atoms with Crippen LogP contribution in [0.25, 0.3) is 0 Å². The van der Waals surface area contributed by atoms with Gasteiger partial charge in [0.25, 0.3) is 0 Å². The quantitative estimate of drug-likeness (QED) is 0.595. The number of benzene rings is 1. The maximum atomic E-state index is 13.1. The van der Waals surface area contributed by atoms with Gasteiger partial charge in [0.2, 0.25) is 5.91 Å². The van der Waals surface area contributed by atoms with Crippen LogP contribution in [0, 0.1) is 5.82 Å². The number of amides is 3. The Morgan fingerprint density at radius 2 is 1.94 bits per heavy atom. The number of carbonyl (C=O) groups is 2. The fraction of sp³-hybridized carbons (Fsp3) is 0.542. The van der Waals surface area contributed by atoms with Crippen LogP contribution in [0.3, 0.4) is 0 Å². The average molecular weight is 457 g/mol. The van der Waals surface area contributed by atoms with E-state index in [0.29, 0.717) is 39.1 Å². The molecule has 3 N–H and O–H groups in total. The molecule has 4 rings (SSSR count). The second kappa shape index (κ2) is 11.3. The van der Waals surface area contributed by atoms with Gasteiger partial charge in [-0.1, -0.05) is 31.4 Å². The van der Waals surface area contributed by atoms with Crippen LogP contribution in [-0.2, 0) is 17.8 Å². The summed E-state index contributed by atoms with van der Waals surface area (Å²) in [6, 6.07) is 5.95. The number of imidazole rings is 1. The third-order valence-electron chi connectivity index (χ3n) is 6.48. The summed E-state index contributed by atoms with van der Waals surface area (Å²) < 4.78 is 15.1. The van der Waals surface area contributed by atoms with E-state index in [9.17, 15) is 14.0 Å². The molecule has 1 unspecified atom stereocenters. The lowest BCUT2D eigenvalue weighted by molar-refractivity contribution is -0.125. The monoisotopic (exact) mass is 456 g/mol. The van der Waals surface area contributed by atoms with Crippen molar-refractivity contribution in [2.45, 2.75) is 57.2 Å². The van der Waals surface area contributed by atoms with Crippen molar-refractivity contribution in [3.05, 3.63) is 53.9 Å². The van der Waals surface area contributed by atoms with E-state index >= 15 is 0 Å². The van der Waals surface area contributed by atoms with Crippen molar-refractivity contribution in [2.24, 2.45) is 0 Å². The minimum absolute atomic E-state index is 0.138. The topological polar surface area (TPSA) is 91.3 Å². The van der Waals surface area contributed by atoms with Gasteiger partial charge in [-0.15, -0.1) is 0 Å². The first-order valence-electron chi connectivity index (χ1n) is 11.9. The Morgan fingerprint density at radius 1 is 1.15 bits per heavy atom. The first-order valence-corrected chi connectivity index (χ1v) is 11.9. The standard InChI is InChI=1S/C24H33FN6O2/c25-19-8-6-18(7-9-19)16-30-17-27-14-21(30)10-11-28-23(32)22-15-26-12-13-31(22)24(33)29-20-4-2-1-3-5-20/h6-9,14,17,20,22,26H,1-5,10-13,15-16H2,(H,28,32)(H,29,33). The number of urea groups is 1. The van der Waals surface area contributed by atoms with Crippen LogP contribution in [0.4, 0.5) is 9.18 Å². The summed E-state index contributed by atoms with van der Waals surface area (Å²) in [6.07, 6.45) is 9.68. The van der Waals surface area contributed by atoms with E-state index in [1.54, 1.807) is 29.6 Å². The molecule has 3 amide bonds. The Labute approximate surface area is 193 Å². The van der Waals surface area contributed by atoms with Crippen LogP contribution in [0.2, 0.25) is 0 Å². The fourth-order valence-electron chi connectivity index (χ4n) is 4.60. The van der Waals surface area contributed by atoms with Crippen molar-refractivity contribution in [1.29, 1.82) is 0 Å². The van der Waals surface area contributed by atoms with Gasteiger partial charge >= 0.3 is 6.03 Å². The molecule has 2 aromatic rings. The highest BCUT2D eigenvalue weighted by atomic mass is 19.1. The summed E-state index contributed by atoms with van der Waals surface area (Å²) in [5, 5.41) is 9.34. The largest absolute Gasteiger partial charge is 0.354 e. The van der Waals surface area contributed by atoms with Crippen LogP contribution in [0.1, 0.15) is 43.4 Å². The third-order valence-corrected chi connectivity index (χ3v) is 6.48. The maximum absolute atomic E-state index is 13.1. The summed E-state index contributed by atoms with van der Waals surface area (Å²) in [5.74, 6) is -0.406. The van der Waals surface area contributed by atoms with E-state index in [1.165, 1.54) is 18.6 Å². The summed E-state index contributed by atoms with van der Waals surface area (Å²) in [4.78, 5) is 31.6. The van der Waals surface area contributed by atoms with Crippen molar-refractivity contribution in [1.82, 2.24) is 30.4 Å². The predicted octanol–water partition coefficient (Wildman–Crippen LogP) is 2.05. The van der Waals surface area contributed by atoms with Gasteiger partial charge in [-0.2, -0.15) is 0 Å². The molecule has 1 saturated carbocycles. The predicted molar refractivity (Wildman–Crippen MR) is 123 cm³/mol. The lowest BCUT2D eigenvalue weighted by Gasteiger charge is -2.36. The molecule has 0 bridgehead atoms. The zero-order valence-electron chi connectivity index (χ0n) is 18.9. The Balaban J connectivity index is 1.28. The maximum Gasteiger partial charge on any atom is 0.318 e. The van der Waals surface area contributed by atoms with E-state index < -0.39 is 6.04 Å². The molecular weight excluding hydrogens is 423 g/mol. The highest BCUT2D eigenvalue weighted by molar-refractivity contribution is 5.87. The highest BCUT2D eigenvalue weighted by Gasteiger charge is 2.33. The molecule has 1 atom stereocenters. The number of carbonyl (C=O) groups excluding carboxylic acids is 2. The lowest BCUT2D eigenvalue weighted by Crippen LogP contribution is -2.62. The molecule has 9 heteroatoms. The molecule has 0 radical (unpaired) electrons. The molecule has 33 heavy (non-hydrogen) atoms. The van der Waals surface area contributed by atoms with Crippen molar-refractivity contribution < 1.29 is 14.0 Å². The van der Waals surface area contributed by atoms with Gasteiger partial charge in [-0.3, -0.25) is 4.79 Å². The molecule has 0 spiro atoms. The Kier molecular flexibility index (Phi) is 7.93. The van der Waals surface area contributed by atoms with Crippen molar-refractivity contribution in [3.8, 4) is 0 Å². The normalized spacial score (nSPS) is 19.3. The van der Waals surface area contributed by atoms with Crippen LogP contribution < -0.4 is 16.0 Å². The van der Waals surface area contributed by atoms with E-state index in [0.717, 1.165) is 36.9 Å². The summed E-state index contributed by atoms with van der Waals surface area (Å²) in [6.45, 7) is 2.69. The van der Waals surface area contributed by atoms with Gasteiger partial charge in [0.1, 0.15) is 11.9 Å². The first kappa shape index (κ1) is 23.2. The number of nitrogens with zero attached hydrogens (tertiary/aromatic N) is 3. The minimum Gasteiger partial charge on any atom is -0.354 e. The van der Waals surface area contributed by atoms with Crippen molar-refractivity contribution in [2.75, 3.05) is 26.2 Å². The summed E-state index contributed by atoms with van der Waals surface area (Å²) >= 11 is 0. The zero-order chi connectivity index (χ0) is 23.0. The molecule has 8 nitrogen and oxygen atoms in total. The molecule has 2 fully saturated rings. The Bertz CT molecular complexity index is 925. The molecule has 1 aromatic heterocycles. The van der Waals surface area contributed by atoms with Gasteiger partial charge in [0, 0.05) is 57.1 Å². The van der Waals surface area contributed by atoms with Gasteiger partial charge in [0.05, 0.1) is 6.33 Å². The van der Waals surface area contributed by atoms with Crippen LogP contribution in [0.5, 0.6) is 0 Å². The zero-order valence-corrected chi connectivity index (χ0v) is 18.9. The molecule has 1 aromatic carbocycles. The average Bonchev–Trinajstić information content (AvgIpc) is 3.28.